The van der Waals surface area contributed by atoms with E-state index in [1.54, 1.807) is 0 Å². The van der Waals surface area contributed by atoms with Crippen molar-refractivity contribution in [3.8, 4) is 11.8 Å². The number of hydrogen-bond acceptors (Lipinski definition) is 5. The monoisotopic (exact) mass is 265 g/mol. The molecule has 8 heteroatoms. The van der Waals surface area contributed by atoms with Crippen LogP contribution in [0.1, 0.15) is 24.6 Å². The van der Waals surface area contributed by atoms with E-state index in [0.29, 0.717) is 0 Å². The Labute approximate surface area is 102 Å². The van der Waals surface area contributed by atoms with Crippen molar-refractivity contribution in [2.45, 2.75) is 25.1 Å². The largest absolute Gasteiger partial charge is 0.480 e. The summed E-state index contributed by atoms with van der Waals surface area (Å²) in [5.74, 6) is 0.280. The van der Waals surface area contributed by atoms with Gasteiger partial charge in [0.2, 0.25) is 11.8 Å². The predicted octanol–water partition coefficient (Wildman–Crippen LogP) is 1.84. The van der Waals surface area contributed by atoms with Gasteiger partial charge in [-0.25, -0.2) is 4.98 Å². The van der Waals surface area contributed by atoms with Crippen molar-refractivity contribution in [1.82, 2.24) is 9.97 Å². The molecule has 1 aromatic heterocycles. The summed E-state index contributed by atoms with van der Waals surface area (Å²) in [6.45, 7) is 0. The van der Waals surface area contributed by atoms with Crippen LogP contribution in [0.5, 0.6) is 11.8 Å². The normalized spacial score (nSPS) is 13.2. The lowest BCUT2D eigenvalue weighted by molar-refractivity contribution is -0.136. The predicted molar refractivity (Wildman–Crippen MR) is 57.4 cm³/mol. The Morgan fingerprint density at radius 3 is 2.50 bits per heavy atom. The first-order valence-electron chi connectivity index (χ1n) is 5.14. The van der Waals surface area contributed by atoms with Crippen LogP contribution >= 0.6 is 0 Å². The second-order valence-corrected chi connectivity index (χ2v) is 3.57. The van der Waals surface area contributed by atoms with Crippen LogP contribution in [0.4, 0.5) is 13.2 Å². The minimum absolute atomic E-state index is 0.0732. The Morgan fingerprint density at radius 2 is 2.00 bits per heavy atom. The molecule has 0 bridgehead atoms. The fourth-order valence-electron chi connectivity index (χ4n) is 1.32. The van der Waals surface area contributed by atoms with Crippen LogP contribution in [-0.4, -0.2) is 30.4 Å². The summed E-state index contributed by atoms with van der Waals surface area (Å²) in [7, 11) is 2.73. The lowest BCUT2D eigenvalue weighted by Gasteiger charge is -2.15. The number of alkyl halides is 3. The molecule has 0 amide bonds. The van der Waals surface area contributed by atoms with E-state index in [1.165, 1.54) is 20.4 Å². The number of halogens is 3. The molecule has 0 aliphatic rings. The Hall–Kier alpha value is -1.57. The topological polar surface area (TPSA) is 70.3 Å². The third kappa shape index (κ3) is 4.02. The summed E-state index contributed by atoms with van der Waals surface area (Å²) in [5, 5.41) is 0. The second-order valence-electron chi connectivity index (χ2n) is 3.57. The summed E-state index contributed by atoms with van der Waals surface area (Å²) >= 11 is 0. The minimum atomic E-state index is -4.25. The molecule has 2 N–H and O–H groups in total. The summed E-state index contributed by atoms with van der Waals surface area (Å²) in [6, 6.07) is -0.889. The number of hydrogen-bond donors (Lipinski definition) is 1. The molecule has 1 atom stereocenters. The number of methoxy groups -OCH3 is 2. The fourth-order valence-corrected chi connectivity index (χ4v) is 1.32. The zero-order valence-electron chi connectivity index (χ0n) is 9.99. The maximum Gasteiger partial charge on any atom is 0.389 e. The second kappa shape index (κ2) is 5.85. The van der Waals surface area contributed by atoms with Crippen LogP contribution in [0.2, 0.25) is 0 Å². The molecular weight excluding hydrogens is 251 g/mol. The Bertz CT molecular complexity index is 398. The van der Waals surface area contributed by atoms with E-state index in [9.17, 15) is 13.2 Å². The highest BCUT2D eigenvalue weighted by Crippen LogP contribution is 2.29. The molecule has 0 radical (unpaired) electrons. The molecule has 1 heterocycles. The Kier molecular flexibility index (Phi) is 4.71. The Morgan fingerprint density at radius 1 is 1.33 bits per heavy atom. The molecule has 0 spiro atoms. The molecule has 0 fully saturated rings. The first kappa shape index (κ1) is 14.5. The van der Waals surface area contributed by atoms with Gasteiger partial charge < -0.3 is 15.2 Å². The van der Waals surface area contributed by atoms with E-state index in [-0.39, 0.29) is 23.9 Å². The summed E-state index contributed by atoms with van der Waals surface area (Å²) < 4.78 is 46.0. The quantitative estimate of drug-likeness (QED) is 0.879. The van der Waals surface area contributed by atoms with Crippen molar-refractivity contribution >= 4 is 0 Å². The molecule has 0 aromatic carbocycles. The maximum atomic E-state index is 12.1. The van der Waals surface area contributed by atoms with Crippen LogP contribution in [0, 0.1) is 0 Å². The van der Waals surface area contributed by atoms with Gasteiger partial charge in [0.25, 0.3) is 0 Å². The van der Waals surface area contributed by atoms with Crippen LogP contribution in [-0.2, 0) is 0 Å². The van der Waals surface area contributed by atoms with Crippen molar-refractivity contribution in [2.24, 2.45) is 5.73 Å². The van der Waals surface area contributed by atoms with Gasteiger partial charge in [0.1, 0.15) is 5.69 Å². The first-order chi connectivity index (χ1) is 8.37. The number of ether oxygens (including phenoxy) is 2. The van der Waals surface area contributed by atoms with Gasteiger partial charge in [0.15, 0.2) is 0 Å². The molecular formula is C10H14F3N3O2. The third-order valence-corrected chi connectivity index (χ3v) is 2.24. The first-order valence-corrected chi connectivity index (χ1v) is 5.14. The molecule has 5 nitrogen and oxygen atoms in total. The molecule has 0 aliphatic carbocycles. The maximum absolute atomic E-state index is 12.1. The van der Waals surface area contributed by atoms with E-state index < -0.39 is 18.6 Å². The molecule has 1 aromatic rings. The van der Waals surface area contributed by atoms with Crippen LogP contribution < -0.4 is 15.2 Å². The van der Waals surface area contributed by atoms with Gasteiger partial charge in [0.05, 0.1) is 26.5 Å². The van der Waals surface area contributed by atoms with Gasteiger partial charge in [0, 0.05) is 6.42 Å². The highest BCUT2D eigenvalue weighted by atomic mass is 19.4. The molecule has 18 heavy (non-hydrogen) atoms. The van der Waals surface area contributed by atoms with Gasteiger partial charge >= 0.3 is 6.18 Å². The number of nitrogens with zero attached hydrogens (tertiary/aromatic N) is 2. The van der Waals surface area contributed by atoms with Crippen LogP contribution in [0.15, 0.2) is 6.20 Å². The number of rotatable bonds is 5. The zero-order chi connectivity index (χ0) is 13.8. The number of aromatic nitrogens is 2. The van der Waals surface area contributed by atoms with E-state index in [1.807, 2.05) is 0 Å². The van der Waals surface area contributed by atoms with Gasteiger partial charge in [-0.05, 0) is 6.42 Å². The summed E-state index contributed by atoms with van der Waals surface area (Å²) in [6.07, 6.45) is -4.22. The smallest absolute Gasteiger partial charge is 0.389 e. The van der Waals surface area contributed by atoms with Crippen molar-refractivity contribution in [1.29, 1.82) is 0 Å². The third-order valence-electron chi connectivity index (χ3n) is 2.24. The van der Waals surface area contributed by atoms with Crippen LogP contribution in [0.25, 0.3) is 0 Å². The molecule has 102 valence electrons. The minimum Gasteiger partial charge on any atom is -0.480 e. The zero-order valence-corrected chi connectivity index (χ0v) is 9.99. The molecule has 1 rings (SSSR count). The van der Waals surface area contributed by atoms with Crippen molar-refractivity contribution in [3.05, 3.63) is 11.9 Å². The number of nitrogens with two attached hydrogens (primary N) is 1. The van der Waals surface area contributed by atoms with Crippen LogP contribution in [0.3, 0.4) is 0 Å². The molecule has 1 unspecified atom stereocenters. The Balaban J connectivity index is 2.81. The molecule has 0 saturated heterocycles. The SMILES string of the molecule is COc1cnc(C(N)CCC(F)(F)F)c(OC)n1. The summed E-state index contributed by atoms with van der Waals surface area (Å²) in [4.78, 5) is 7.82. The van der Waals surface area contributed by atoms with Crippen molar-refractivity contribution < 1.29 is 22.6 Å². The van der Waals surface area contributed by atoms with E-state index >= 15 is 0 Å². The highest BCUT2D eigenvalue weighted by molar-refractivity contribution is 5.25. The van der Waals surface area contributed by atoms with Gasteiger partial charge in [-0.2, -0.15) is 18.2 Å². The lowest BCUT2D eigenvalue weighted by Crippen LogP contribution is -2.18. The molecule has 0 saturated carbocycles. The van der Waals surface area contributed by atoms with E-state index in [0.717, 1.165) is 0 Å². The summed E-state index contributed by atoms with van der Waals surface area (Å²) in [5.41, 5.74) is 5.83. The van der Waals surface area contributed by atoms with E-state index in [4.69, 9.17) is 15.2 Å². The van der Waals surface area contributed by atoms with Crippen molar-refractivity contribution in [2.75, 3.05) is 14.2 Å². The fraction of sp³-hybridized carbons (Fsp3) is 0.600. The standard InChI is InChI=1S/C10H14F3N3O2/c1-17-7-5-15-8(9(16-7)18-2)6(14)3-4-10(11,12)13/h5-6H,3-4,14H2,1-2H3. The van der Waals surface area contributed by atoms with Gasteiger partial charge in [-0.1, -0.05) is 0 Å². The average Bonchev–Trinajstić information content (AvgIpc) is 2.34. The van der Waals surface area contributed by atoms with Gasteiger partial charge in [-0.15, -0.1) is 0 Å². The van der Waals surface area contributed by atoms with Crippen molar-refractivity contribution in [3.63, 3.8) is 0 Å². The van der Waals surface area contributed by atoms with E-state index in [2.05, 4.69) is 9.97 Å². The lowest BCUT2D eigenvalue weighted by atomic mass is 10.1. The highest BCUT2D eigenvalue weighted by Gasteiger charge is 2.29. The molecule has 0 aliphatic heterocycles. The van der Waals surface area contributed by atoms with Gasteiger partial charge in [-0.3, -0.25) is 0 Å². The average molecular weight is 265 g/mol.